The molecule has 0 saturated carbocycles. The van der Waals surface area contributed by atoms with Crippen LogP contribution in [0.2, 0.25) is 0 Å². The van der Waals surface area contributed by atoms with Crippen LogP contribution in [-0.2, 0) is 6.54 Å². The Morgan fingerprint density at radius 2 is 2.23 bits per heavy atom. The normalized spacial score (nSPS) is 10.5. The zero-order valence-electron chi connectivity index (χ0n) is 7.41. The summed E-state index contributed by atoms with van der Waals surface area (Å²) in [5.41, 5.74) is 2.68. The Kier molecular flexibility index (Phi) is 2.78. The molecule has 0 spiro atoms. The van der Waals surface area contributed by atoms with Crippen LogP contribution >= 0.6 is 22.7 Å². The van der Waals surface area contributed by atoms with Crippen molar-refractivity contribution in [2.24, 2.45) is 0 Å². The summed E-state index contributed by atoms with van der Waals surface area (Å²) in [6.07, 6.45) is 0. The van der Waals surface area contributed by atoms with Crippen LogP contribution in [0.25, 0.3) is 11.1 Å². The molecule has 0 aliphatic heterocycles. The van der Waals surface area contributed by atoms with Crippen LogP contribution in [-0.4, -0.2) is 7.05 Å². The summed E-state index contributed by atoms with van der Waals surface area (Å²) in [6.45, 7) is 0.967. The second-order valence-electron chi connectivity index (χ2n) is 2.84. The minimum atomic E-state index is 0.967. The molecule has 2 heterocycles. The Morgan fingerprint density at radius 1 is 1.31 bits per heavy atom. The third-order valence-electron chi connectivity index (χ3n) is 1.86. The van der Waals surface area contributed by atoms with Gasteiger partial charge >= 0.3 is 0 Å². The molecule has 0 radical (unpaired) electrons. The summed E-state index contributed by atoms with van der Waals surface area (Å²) < 4.78 is 0. The average Bonchev–Trinajstić information content (AvgIpc) is 2.70. The lowest BCUT2D eigenvalue weighted by atomic mass is 10.2. The molecule has 13 heavy (non-hydrogen) atoms. The molecule has 0 aromatic carbocycles. The van der Waals surface area contributed by atoms with Crippen molar-refractivity contribution < 1.29 is 0 Å². The van der Waals surface area contributed by atoms with Crippen molar-refractivity contribution in [2.75, 3.05) is 7.05 Å². The van der Waals surface area contributed by atoms with Crippen LogP contribution in [0, 0.1) is 0 Å². The van der Waals surface area contributed by atoms with E-state index in [9.17, 15) is 0 Å². The van der Waals surface area contributed by atoms with Crippen molar-refractivity contribution in [2.45, 2.75) is 6.54 Å². The highest BCUT2D eigenvalue weighted by Gasteiger charge is 2.01. The van der Waals surface area contributed by atoms with Gasteiger partial charge in [0, 0.05) is 11.4 Å². The average molecular weight is 209 g/mol. The van der Waals surface area contributed by atoms with E-state index in [1.807, 2.05) is 18.4 Å². The van der Waals surface area contributed by atoms with Gasteiger partial charge in [0.1, 0.15) is 0 Å². The summed E-state index contributed by atoms with van der Waals surface area (Å²) in [5.74, 6) is 0. The van der Waals surface area contributed by atoms with E-state index in [2.05, 4.69) is 33.6 Å². The third kappa shape index (κ3) is 1.99. The second-order valence-corrected chi connectivity index (χ2v) is 4.62. The van der Waals surface area contributed by atoms with Crippen LogP contribution < -0.4 is 5.32 Å². The van der Waals surface area contributed by atoms with Crippen molar-refractivity contribution in [3.63, 3.8) is 0 Å². The highest BCUT2D eigenvalue weighted by molar-refractivity contribution is 7.10. The van der Waals surface area contributed by atoms with Gasteiger partial charge in [-0.15, -0.1) is 11.3 Å². The van der Waals surface area contributed by atoms with Crippen molar-refractivity contribution in [3.8, 4) is 11.1 Å². The van der Waals surface area contributed by atoms with Gasteiger partial charge in [-0.1, -0.05) is 0 Å². The molecule has 0 aliphatic carbocycles. The second kappa shape index (κ2) is 4.05. The molecule has 1 N–H and O–H groups in total. The molecule has 0 bridgehead atoms. The van der Waals surface area contributed by atoms with E-state index in [0.717, 1.165) is 6.54 Å². The Morgan fingerprint density at radius 3 is 2.92 bits per heavy atom. The predicted octanol–water partition coefficient (Wildman–Crippen LogP) is 3.20. The minimum Gasteiger partial charge on any atom is -0.315 e. The van der Waals surface area contributed by atoms with Crippen LogP contribution in [0.15, 0.2) is 28.3 Å². The fourth-order valence-corrected chi connectivity index (χ4v) is 2.80. The van der Waals surface area contributed by atoms with Gasteiger partial charge in [-0.2, -0.15) is 11.3 Å². The number of thiophene rings is 2. The van der Waals surface area contributed by atoms with Crippen molar-refractivity contribution in [1.82, 2.24) is 5.32 Å². The third-order valence-corrected chi connectivity index (χ3v) is 3.48. The molecular weight excluding hydrogens is 198 g/mol. The molecule has 1 nitrogen and oxygen atoms in total. The summed E-state index contributed by atoms with van der Waals surface area (Å²) >= 11 is 3.56. The number of hydrogen-bond acceptors (Lipinski definition) is 3. The van der Waals surface area contributed by atoms with E-state index >= 15 is 0 Å². The molecule has 3 heteroatoms. The van der Waals surface area contributed by atoms with Crippen molar-refractivity contribution in [3.05, 3.63) is 33.2 Å². The smallest absolute Gasteiger partial charge is 0.0296 e. The minimum absolute atomic E-state index is 0.967. The van der Waals surface area contributed by atoms with E-state index in [1.54, 1.807) is 11.3 Å². The van der Waals surface area contributed by atoms with Crippen LogP contribution in [0.4, 0.5) is 0 Å². The number of hydrogen-bond donors (Lipinski definition) is 1. The standard InChI is InChI=1S/C10H11NS2/c1-11-5-10-4-9(7-13-10)8-2-3-12-6-8/h2-4,6-7,11H,5H2,1H3. The molecule has 2 aromatic rings. The van der Waals surface area contributed by atoms with E-state index < -0.39 is 0 Å². The molecule has 0 aliphatic rings. The first kappa shape index (κ1) is 8.94. The van der Waals surface area contributed by atoms with Gasteiger partial charge in [-0.05, 0) is 46.4 Å². The van der Waals surface area contributed by atoms with E-state index in [-0.39, 0.29) is 0 Å². The molecule has 0 saturated heterocycles. The highest BCUT2D eigenvalue weighted by atomic mass is 32.1. The van der Waals surface area contributed by atoms with Gasteiger partial charge in [0.15, 0.2) is 0 Å². The monoisotopic (exact) mass is 209 g/mol. The molecular formula is C10H11NS2. The molecule has 0 amide bonds. The molecule has 0 atom stereocenters. The van der Waals surface area contributed by atoms with Gasteiger partial charge in [-0.3, -0.25) is 0 Å². The summed E-state index contributed by atoms with van der Waals surface area (Å²) in [4.78, 5) is 1.39. The Balaban J connectivity index is 2.23. The molecule has 0 unspecified atom stereocenters. The maximum atomic E-state index is 3.16. The SMILES string of the molecule is CNCc1cc(-c2ccsc2)cs1. The first-order valence-electron chi connectivity index (χ1n) is 4.15. The molecule has 2 rings (SSSR count). The topological polar surface area (TPSA) is 12.0 Å². The summed E-state index contributed by atoms with van der Waals surface area (Å²) in [6, 6.07) is 4.42. The van der Waals surface area contributed by atoms with E-state index in [4.69, 9.17) is 0 Å². The van der Waals surface area contributed by atoms with E-state index in [0.29, 0.717) is 0 Å². The highest BCUT2D eigenvalue weighted by Crippen LogP contribution is 2.27. The molecule has 2 aromatic heterocycles. The van der Waals surface area contributed by atoms with Crippen LogP contribution in [0.3, 0.4) is 0 Å². The van der Waals surface area contributed by atoms with Crippen LogP contribution in [0.5, 0.6) is 0 Å². The van der Waals surface area contributed by atoms with Gasteiger partial charge < -0.3 is 5.32 Å². The number of nitrogens with one attached hydrogen (secondary N) is 1. The largest absolute Gasteiger partial charge is 0.315 e. The Hall–Kier alpha value is -0.640. The van der Waals surface area contributed by atoms with Crippen molar-refractivity contribution in [1.29, 1.82) is 0 Å². The quantitative estimate of drug-likeness (QED) is 0.818. The predicted molar refractivity (Wildman–Crippen MR) is 60.4 cm³/mol. The van der Waals surface area contributed by atoms with Gasteiger partial charge in [0.25, 0.3) is 0 Å². The first-order valence-corrected chi connectivity index (χ1v) is 5.97. The Bertz CT molecular complexity index is 362. The lowest BCUT2D eigenvalue weighted by molar-refractivity contribution is 0.831. The molecule has 68 valence electrons. The fourth-order valence-electron chi connectivity index (χ4n) is 1.23. The zero-order valence-corrected chi connectivity index (χ0v) is 9.04. The van der Waals surface area contributed by atoms with Gasteiger partial charge in [-0.25, -0.2) is 0 Å². The van der Waals surface area contributed by atoms with Gasteiger partial charge in [0.05, 0.1) is 0 Å². The Labute approximate surface area is 86.0 Å². The summed E-state index contributed by atoms with van der Waals surface area (Å²) in [5, 5.41) is 9.67. The van der Waals surface area contributed by atoms with Crippen LogP contribution in [0.1, 0.15) is 4.88 Å². The summed E-state index contributed by atoms with van der Waals surface area (Å²) in [7, 11) is 1.98. The molecule has 0 fully saturated rings. The maximum Gasteiger partial charge on any atom is 0.0296 e. The first-order chi connectivity index (χ1) is 6.40. The number of rotatable bonds is 3. The van der Waals surface area contributed by atoms with Gasteiger partial charge in [0.2, 0.25) is 0 Å². The van der Waals surface area contributed by atoms with Crippen molar-refractivity contribution >= 4 is 22.7 Å². The van der Waals surface area contributed by atoms with E-state index in [1.165, 1.54) is 16.0 Å². The fraction of sp³-hybridized carbons (Fsp3) is 0.200. The lowest BCUT2D eigenvalue weighted by Crippen LogP contribution is -2.02. The lowest BCUT2D eigenvalue weighted by Gasteiger charge is -1.91. The zero-order chi connectivity index (χ0) is 9.10. The maximum absolute atomic E-state index is 3.16.